The van der Waals surface area contributed by atoms with Gasteiger partial charge in [0.2, 0.25) is 5.91 Å². The Morgan fingerprint density at radius 1 is 1.38 bits per heavy atom. The van der Waals surface area contributed by atoms with Gasteiger partial charge in [-0.25, -0.2) is 0 Å². The molecule has 1 aromatic carbocycles. The van der Waals surface area contributed by atoms with Crippen LogP contribution in [0.2, 0.25) is 0 Å². The van der Waals surface area contributed by atoms with Gasteiger partial charge >= 0.3 is 0 Å². The van der Waals surface area contributed by atoms with E-state index in [0.717, 1.165) is 17.7 Å². The van der Waals surface area contributed by atoms with Gasteiger partial charge in [0.25, 0.3) is 0 Å². The molecular formula is C17H25N3O. The molecule has 1 atom stereocenters. The molecule has 0 aliphatic heterocycles. The van der Waals surface area contributed by atoms with Crippen molar-refractivity contribution < 1.29 is 4.79 Å². The molecule has 0 saturated carbocycles. The second-order valence-corrected chi connectivity index (χ2v) is 4.96. The molecule has 0 radical (unpaired) electrons. The standard InChI is InChI=1S/C17H25N3O/c1-5-10-20(11-6-2)13(4)17(21)19-15-9-8-14(7-3)16(18)12-15/h5-6,8-9,12-13H,1-2,7,10-11,18H2,3-4H3,(H,19,21). The predicted octanol–water partition coefficient (Wildman–Crippen LogP) is 2.83. The van der Waals surface area contributed by atoms with E-state index in [1.165, 1.54) is 0 Å². The maximum Gasteiger partial charge on any atom is 0.241 e. The normalized spacial score (nSPS) is 12.0. The minimum absolute atomic E-state index is 0.0673. The smallest absolute Gasteiger partial charge is 0.241 e. The second-order valence-electron chi connectivity index (χ2n) is 4.96. The van der Waals surface area contributed by atoms with Gasteiger partial charge in [-0.05, 0) is 31.0 Å². The number of nitrogens with zero attached hydrogens (tertiary/aromatic N) is 1. The summed E-state index contributed by atoms with van der Waals surface area (Å²) in [4.78, 5) is 14.3. The first-order valence-electron chi connectivity index (χ1n) is 7.18. The van der Waals surface area contributed by atoms with Crippen molar-refractivity contribution in [3.8, 4) is 0 Å². The molecule has 1 amide bonds. The van der Waals surface area contributed by atoms with Crippen molar-refractivity contribution in [2.45, 2.75) is 26.3 Å². The highest BCUT2D eigenvalue weighted by molar-refractivity contribution is 5.95. The molecular weight excluding hydrogens is 262 g/mol. The summed E-state index contributed by atoms with van der Waals surface area (Å²) in [7, 11) is 0. The number of anilines is 2. The average Bonchev–Trinajstić information content (AvgIpc) is 2.46. The molecule has 3 N–H and O–H groups in total. The Hall–Kier alpha value is -2.07. The van der Waals surface area contributed by atoms with Gasteiger partial charge in [-0.15, -0.1) is 13.2 Å². The van der Waals surface area contributed by atoms with Crippen LogP contribution in [0.25, 0.3) is 0 Å². The zero-order chi connectivity index (χ0) is 15.8. The third-order valence-corrected chi connectivity index (χ3v) is 3.45. The highest BCUT2D eigenvalue weighted by Gasteiger charge is 2.19. The Bertz CT molecular complexity index is 501. The molecule has 0 spiro atoms. The Morgan fingerprint density at radius 2 is 2.00 bits per heavy atom. The number of hydrogen-bond donors (Lipinski definition) is 2. The maximum absolute atomic E-state index is 12.3. The summed E-state index contributed by atoms with van der Waals surface area (Å²) in [5, 5.41) is 2.90. The molecule has 114 valence electrons. The van der Waals surface area contributed by atoms with E-state index in [0.29, 0.717) is 18.8 Å². The first-order chi connectivity index (χ1) is 10.0. The summed E-state index contributed by atoms with van der Waals surface area (Å²) in [6, 6.07) is 5.36. The molecule has 0 heterocycles. The summed E-state index contributed by atoms with van der Waals surface area (Å²) in [6.07, 6.45) is 4.44. The lowest BCUT2D eigenvalue weighted by molar-refractivity contribution is -0.120. The van der Waals surface area contributed by atoms with Gasteiger partial charge in [0.1, 0.15) is 0 Å². The predicted molar refractivity (Wildman–Crippen MR) is 90.3 cm³/mol. The molecule has 4 nitrogen and oxygen atoms in total. The number of carbonyl (C=O) groups is 1. The molecule has 21 heavy (non-hydrogen) atoms. The van der Waals surface area contributed by atoms with Gasteiger partial charge < -0.3 is 11.1 Å². The Morgan fingerprint density at radius 3 is 2.48 bits per heavy atom. The minimum atomic E-state index is -0.270. The Kier molecular flexibility index (Phi) is 6.69. The third kappa shape index (κ3) is 4.76. The van der Waals surface area contributed by atoms with Gasteiger partial charge in [-0.2, -0.15) is 0 Å². The molecule has 0 aliphatic rings. The molecule has 0 saturated heterocycles. The van der Waals surface area contributed by atoms with Crippen LogP contribution in [0.4, 0.5) is 11.4 Å². The van der Waals surface area contributed by atoms with Crippen LogP contribution < -0.4 is 11.1 Å². The zero-order valence-corrected chi connectivity index (χ0v) is 12.9. The van der Waals surface area contributed by atoms with E-state index in [4.69, 9.17) is 5.73 Å². The van der Waals surface area contributed by atoms with Gasteiger partial charge in [0, 0.05) is 24.5 Å². The van der Waals surface area contributed by atoms with Gasteiger partial charge in [0.15, 0.2) is 0 Å². The minimum Gasteiger partial charge on any atom is -0.398 e. The van der Waals surface area contributed by atoms with E-state index in [1.807, 2.05) is 24.0 Å². The van der Waals surface area contributed by atoms with E-state index >= 15 is 0 Å². The first kappa shape index (κ1) is 17.0. The number of nitrogens with one attached hydrogen (secondary N) is 1. The third-order valence-electron chi connectivity index (χ3n) is 3.45. The average molecular weight is 287 g/mol. The van der Waals surface area contributed by atoms with E-state index in [9.17, 15) is 4.79 Å². The lowest BCUT2D eigenvalue weighted by Gasteiger charge is -2.25. The second kappa shape index (κ2) is 8.27. The van der Waals surface area contributed by atoms with Crippen molar-refractivity contribution in [2.75, 3.05) is 24.1 Å². The monoisotopic (exact) mass is 287 g/mol. The quantitative estimate of drug-likeness (QED) is 0.571. The molecule has 0 aromatic heterocycles. The summed E-state index contributed by atoms with van der Waals surface area (Å²) in [5.41, 5.74) is 8.46. The van der Waals surface area contributed by atoms with Crippen LogP contribution in [-0.2, 0) is 11.2 Å². The fourth-order valence-corrected chi connectivity index (χ4v) is 2.13. The summed E-state index contributed by atoms with van der Waals surface area (Å²) in [5.74, 6) is -0.0673. The van der Waals surface area contributed by atoms with E-state index in [2.05, 4.69) is 25.4 Å². The largest absolute Gasteiger partial charge is 0.398 e. The van der Waals surface area contributed by atoms with Crippen LogP contribution in [0.15, 0.2) is 43.5 Å². The van der Waals surface area contributed by atoms with Crippen LogP contribution in [0.5, 0.6) is 0 Å². The number of carbonyl (C=O) groups excluding carboxylic acids is 1. The lowest BCUT2D eigenvalue weighted by atomic mass is 10.1. The van der Waals surface area contributed by atoms with Crippen LogP contribution in [0.3, 0.4) is 0 Å². The molecule has 0 aliphatic carbocycles. The highest BCUT2D eigenvalue weighted by atomic mass is 16.2. The number of nitrogens with two attached hydrogens (primary N) is 1. The highest BCUT2D eigenvalue weighted by Crippen LogP contribution is 2.19. The summed E-state index contributed by atoms with van der Waals surface area (Å²) < 4.78 is 0. The van der Waals surface area contributed by atoms with Crippen molar-refractivity contribution in [1.82, 2.24) is 4.90 Å². The summed E-state index contributed by atoms with van der Waals surface area (Å²) >= 11 is 0. The van der Waals surface area contributed by atoms with Crippen molar-refractivity contribution >= 4 is 17.3 Å². The van der Waals surface area contributed by atoms with Crippen LogP contribution >= 0.6 is 0 Å². The SMILES string of the molecule is C=CCN(CC=C)C(C)C(=O)Nc1ccc(CC)c(N)c1. The number of nitrogen functional groups attached to an aromatic ring is 1. The Balaban J connectivity index is 2.76. The van der Waals surface area contributed by atoms with Gasteiger partial charge in [-0.1, -0.05) is 25.1 Å². The Labute approximate surface area is 127 Å². The maximum atomic E-state index is 12.3. The van der Waals surface area contributed by atoms with E-state index in [1.54, 1.807) is 18.2 Å². The van der Waals surface area contributed by atoms with Crippen molar-refractivity contribution in [1.29, 1.82) is 0 Å². The zero-order valence-electron chi connectivity index (χ0n) is 12.9. The fraction of sp³-hybridized carbons (Fsp3) is 0.353. The number of rotatable bonds is 8. The van der Waals surface area contributed by atoms with Crippen molar-refractivity contribution in [3.05, 3.63) is 49.1 Å². The van der Waals surface area contributed by atoms with Crippen LogP contribution in [-0.4, -0.2) is 29.9 Å². The number of hydrogen-bond acceptors (Lipinski definition) is 3. The van der Waals surface area contributed by atoms with Crippen molar-refractivity contribution in [2.24, 2.45) is 0 Å². The molecule has 1 aromatic rings. The van der Waals surface area contributed by atoms with Crippen LogP contribution in [0.1, 0.15) is 19.4 Å². The van der Waals surface area contributed by atoms with Gasteiger partial charge in [-0.3, -0.25) is 9.69 Å². The molecule has 4 heteroatoms. The number of amides is 1. The molecule has 0 fully saturated rings. The number of aryl methyl sites for hydroxylation is 1. The topological polar surface area (TPSA) is 58.4 Å². The molecule has 1 rings (SSSR count). The van der Waals surface area contributed by atoms with Crippen molar-refractivity contribution in [3.63, 3.8) is 0 Å². The summed E-state index contributed by atoms with van der Waals surface area (Å²) in [6.45, 7) is 12.6. The number of benzene rings is 1. The molecule has 0 bridgehead atoms. The lowest BCUT2D eigenvalue weighted by Crippen LogP contribution is -2.42. The first-order valence-corrected chi connectivity index (χ1v) is 7.18. The van der Waals surface area contributed by atoms with Crippen LogP contribution in [0, 0.1) is 0 Å². The van der Waals surface area contributed by atoms with Gasteiger partial charge in [0.05, 0.1) is 6.04 Å². The molecule has 1 unspecified atom stereocenters. The van der Waals surface area contributed by atoms with E-state index < -0.39 is 0 Å². The van der Waals surface area contributed by atoms with E-state index in [-0.39, 0.29) is 11.9 Å². The fourth-order valence-electron chi connectivity index (χ4n) is 2.13.